The molecule has 0 saturated carbocycles. The van der Waals surface area contributed by atoms with Gasteiger partial charge in [-0.15, -0.1) is 0 Å². The van der Waals surface area contributed by atoms with Crippen molar-refractivity contribution in [1.82, 2.24) is 19.8 Å². The van der Waals surface area contributed by atoms with E-state index in [0.29, 0.717) is 16.6 Å². The lowest BCUT2D eigenvalue weighted by Gasteiger charge is -2.32. The quantitative estimate of drug-likeness (QED) is 0.556. The summed E-state index contributed by atoms with van der Waals surface area (Å²) in [6.45, 7) is 3.87. The zero-order chi connectivity index (χ0) is 21.6. The lowest BCUT2D eigenvalue weighted by Crippen LogP contribution is -2.42. The number of carbonyl (C=O) groups excluding carboxylic acids is 1. The van der Waals surface area contributed by atoms with E-state index in [2.05, 4.69) is 39.5 Å². The highest BCUT2D eigenvalue weighted by molar-refractivity contribution is 6.42. The molecular formula is C24H26Cl2N4O. The maximum Gasteiger partial charge on any atom is 0.224 e. The molecule has 0 radical (unpaired) electrons. The van der Waals surface area contributed by atoms with Gasteiger partial charge in [0, 0.05) is 38.6 Å². The summed E-state index contributed by atoms with van der Waals surface area (Å²) < 4.78 is 2.03. The average molecular weight is 457 g/mol. The van der Waals surface area contributed by atoms with Crippen LogP contribution in [0.5, 0.6) is 0 Å². The molecule has 1 N–H and O–H groups in total. The Kier molecular flexibility index (Phi) is 7.28. The number of likely N-dealkylation sites (tertiary alicyclic amines) is 1. The van der Waals surface area contributed by atoms with Crippen molar-refractivity contribution in [2.45, 2.75) is 32.5 Å². The fraction of sp³-hybridized carbons (Fsp3) is 0.333. The Morgan fingerprint density at radius 2 is 1.81 bits per heavy atom. The van der Waals surface area contributed by atoms with E-state index in [1.807, 2.05) is 35.3 Å². The van der Waals surface area contributed by atoms with Crippen LogP contribution in [0.3, 0.4) is 0 Å². The van der Waals surface area contributed by atoms with Crippen LogP contribution in [0.15, 0.2) is 61.2 Å². The lowest BCUT2D eigenvalue weighted by atomic mass is 9.96. The molecule has 0 aliphatic carbocycles. The van der Waals surface area contributed by atoms with Crippen molar-refractivity contribution < 1.29 is 4.79 Å². The first kappa shape index (κ1) is 21.9. The number of amides is 1. The molecule has 3 aromatic rings. The third-order valence-electron chi connectivity index (χ3n) is 5.68. The van der Waals surface area contributed by atoms with Gasteiger partial charge in [0.1, 0.15) is 0 Å². The molecule has 2 aromatic carbocycles. The Morgan fingerprint density at radius 1 is 1.03 bits per heavy atom. The molecule has 31 heavy (non-hydrogen) atoms. The summed E-state index contributed by atoms with van der Waals surface area (Å²) in [5.41, 5.74) is 3.43. The molecule has 1 amide bonds. The topological polar surface area (TPSA) is 50.2 Å². The molecule has 0 bridgehead atoms. The molecule has 1 aromatic heterocycles. The van der Waals surface area contributed by atoms with Crippen LogP contribution in [0, 0.1) is 5.92 Å². The van der Waals surface area contributed by atoms with Crippen LogP contribution in [-0.2, 0) is 24.4 Å². The third-order valence-corrected chi connectivity index (χ3v) is 6.42. The molecule has 1 fully saturated rings. The van der Waals surface area contributed by atoms with E-state index in [4.69, 9.17) is 23.2 Å². The fourth-order valence-corrected chi connectivity index (χ4v) is 4.32. The van der Waals surface area contributed by atoms with E-state index in [-0.39, 0.29) is 11.8 Å². The predicted octanol–water partition coefficient (Wildman–Crippen LogP) is 4.77. The van der Waals surface area contributed by atoms with Crippen LogP contribution in [0.1, 0.15) is 29.5 Å². The Labute approximate surface area is 193 Å². The van der Waals surface area contributed by atoms with Gasteiger partial charge < -0.3 is 9.88 Å². The Balaban J connectivity index is 1.26. The van der Waals surface area contributed by atoms with Gasteiger partial charge in [-0.1, -0.05) is 53.5 Å². The normalized spacial score (nSPS) is 16.9. The second-order valence-electron chi connectivity index (χ2n) is 8.09. The number of imidazole rings is 1. The number of rotatable bonds is 7. The number of hydrogen-bond donors (Lipinski definition) is 1. The van der Waals surface area contributed by atoms with Crippen molar-refractivity contribution in [2.24, 2.45) is 5.92 Å². The Bertz CT molecular complexity index is 1000. The monoisotopic (exact) mass is 456 g/mol. The number of nitrogens with one attached hydrogen (secondary N) is 1. The van der Waals surface area contributed by atoms with Crippen LogP contribution in [0.4, 0.5) is 0 Å². The largest absolute Gasteiger partial charge is 0.352 e. The second-order valence-corrected chi connectivity index (χ2v) is 8.91. The number of hydrogen-bond acceptors (Lipinski definition) is 3. The minimum absolute atomic E-state index is 0.0111. The van der Waals surface area contributed by atoms with Gasteiger partial charge >= 0.3 is 0 Å². The maximum atomic E-state index is 12.8. The molecule has 7 heteroatoms. The maximum absolute atomic E-state index is 12.8. The standard InChI is InChI=1S/C24H26Cl2N4O/c25-22-8-7-20(12-23(22)26)15-29-10-1-2-21(16-29)24(31)28-13-18-3-5-19(6-4-18)14-30-11-9-27-17-30/h3-9,11-12,17,21H,1-2,10,13-16H2,(H,28,31). The van der Waals surface area contributed by atoms with Crippen LogP contribution in [0.2, 0.25) is 10.0 Å². The first-order valence-electron chi connectivity index (χ1n) is 10.5. The van der Waals surface area contributed by atoms with Gasteiger partial charge in [0.15, 0.2) is 0 Å². The summed E-state index contributed by atoms with van der Waals surface area (Å²) in [5.74, 6) is 0.137. The molecule has 2 heterocycles. The van der Waals surface area contributed by atoms with E-state index in [9.17, 15) is 4.79 Å². The van der Waals surface area contributed by atoms with E-state index in [0.717, 1.165) is 50.1 Å². The highest BCUT2D eigenvalue weighted by atomic mass is 35.5. The zero-order valence-corrected chi connectivity index (χ0v) is 18.8. The van der Waals surface area contributed by atoms with Crippen molar-refractivity contribution in [1.29, 1.82) is 0 Å². The van der Waals surface area contributed by atoms with Gasteiger partial charge in [0.2, 0.25) is 5.91 Å². The van der Waals surface area contributed by atoms with Crippen LogP contribution < -0.4 is 5.32 Å². The van der Waals surface area contributed by atoms with E-state index in [1.165, 1.54) is 5.56 Å². The number of benzene rings is 2. The first-order chi connectivity index (χ1) is 15.1. The van der Waals surface area contributed by atoms with Gasteiger partial charge in [-0.25, -0.2) is 4.98 Å². The molecule has 1 unspecified atom stereocenters. The average Bonchev–Trinajstić information content (AvgIpc) is 3.29. The van der Waals surface area contributed by atoms with Crippen molar-refractivity contribution >= 4 is 29.1 Å². The summed E-state index contributed by atoms with van der Waals surface area (Å²) in [5, 5.41) is 4.25. The van der Waals surface area contributed by atoms with Crippen LogP contribution >= 0.6 is 23.2 Å². The van der Waals surface area contributed by atoms with Crippen molar-refractivity contribution in [2.75, 3.05) is 13.1 Å². The minimum Gasteiger partial charge on any atom is -0.352 e. The summed E-state index contributed by atoms with van der Waals surface area (Å²) in [6, 6.07) is 14.1. The van der Waals surface area contributed by atoms with E-state index in [1.54, 1.807) is 6.20 Å². The Hall–Kier alpha value is -2.34. The summed E-state index contributed by atoms with van der Waals surface area (Å²) >= 11 is 12.1. The first-order valence-corrected chi connectivity index (χ1v) is 11.3. The third kappa shape index (κ3) is 6.10. The van der Waals surface area contributed by atoms with Crippen molar-refractivity contribution in [3.63, 3.8) is 0 Å². The molecular weight excluding hydrogens is 431 g/mol. The smallest absolute Gasteiger partial charge is 0.224 e. The zero-order valence-electron chi connectivity index (χ0n) is 17.3. The number of aromatic nitrogens is 2. The van der Waals surface area contributed by atoms with Crippen LogP contribution in [0.25, 0.3) is 0 Å². The number of piperidine rings is 1. The number of carbonyl (C=O) groups is 1. The van der Waals surface area contributed by atoms with Crippen LogP contribution in [-0.4, -0.2) is 33.4 Å². The molecule has 0 spiro atoms. The highest BCUT2D eigenvalue weighted by Crippen LogP contribution is 2.25. The predicted molar refractivity (Wildman–Crippen MR) is 124 cm³/mol. The SMILES string of the molecule is O=C(NCc1ccc(Cn2ccnc2)cc1)C1CCCN(Cc2ccc(Cl)c(Cl)c2)C1. The molecule has 5 nitrogen and oxygen atoms in total. The highest BCUT2D eigenvalue weighted by Gasteiger charge is 2.25. The number of halogens is 2. The minimum atomic E-state index is 0.0111. The summed E-state index contributed by atoms with van der Waals surface area (Å²) in [7, 11) is 0. The molecule has 1 aliphatic rings. The van der Waals surface area contributed by atoms with E-state index >= 15 is 0 Å². The molecule has 1 saturated heterocycles. The molecule has 1 aliphatic heterocycles. The van der Waals surface area contributed by atoms with Gasteiger partial charge in [0.25, 0.3) is 0 Å². The Morgan fingerprint density at radius 3 is 2.55 bits per heavy atom. The summed E-state index contributed by atoms with van der Waals surface area (Å²) in [4.78, 5) is 19.1. The van der Waals surface area contributed by atoms with Gasteiger partial charge in [0.05, 0.1) is 22.3 Å². The lowest BCUT2D eigenvalue weighted by molar-refractivity contribution is -0.126. The molecule has 162 valence electrons. The van der Waals surface area contributed by atoms with Gasteiger partial charge in [-0.3, -0.25) is 9.69 Å². The van der Waals surface area contributed by atoms with Crippen molar-refractivity contribution in [3.05, 3.63) is 87.9 Å². The fourth-order valence-electron chi connectivity index (χ4n) is 4.00. The van der Waals surface area contributed by atoms with Gasteiger partial charge in [-0.2, -0.15) is 0 Å². The molecule has 1 atom stereocenters. The number of nitrogens with zero attached hydrogens (tertiary/aromatic N) is 3. The van der Waals surface area contributed by atoms with E-state index < -0.39 is 0 Å². The van der Waals surface area contributed by atoms with Crippen molar-refractivity contribution in [3.8, 4) is 0 Å². The molecule has 4 rings (SSSR count). The second kappa shape index (κ2) is 10.3. The summed E-state index contributed by atoms with van der Waals surface area (Å²) in [6.07, 6.45) is 7.48. The van der Waals surface area contributed by atoms with Gasteiger partial charge in [-0.05, 0) is 48.2 Å².